The van der Waals surface area contributed by atoms with E-state index in [0.717, 1.165) is 16.3 Å². The predicted octanol–water partition coefficient (Wildman–Crippen LogP) is 3.95. The third-order valence-corrected chi connectivity index (χ3v) is 3.98. The molecule has 0 aliphatic rings. The number of benzene rings is 1. The molecule has 4 heteroatoms. The van der Waals surface area contributed by atoms with Gasteiger partial charge in [0, 0.05) is 17.6 Å². The minimum atomic E-state index is -0.357. The second-order valence-electron chi connectivity index (χ2n) is 4.67. The van der Waals surface area contributed by atoms with E-state index in [2.05, 4.69) is 11.1 Å². The summed E-state index contributed by atoms with van der Waals surface area (Å²) in [6, 6.07) is 9.57. The van der Waals surface area contributed by atoms with Crippen LogP contribution in [0.4, 0.5) is 0 Å². The number of nitrogens with zero attached hydrogens (tertiary/aromatic N) is 2. The summed E-state index contributed by atoms with van der Waals surface area (Å²) in [6.45, 7) is 6.70. The highest BCUT2D eigenvalue weighted by Gasteiger charge is 2.24. The summed E-state index contributed by atoms with van der Waals surface area (Å²) in [6.07, 6.45) is 0. The quantitative estimate of drug-likeness (QED) is 0.846. The maximum atomic E-state index is 8.79. The van der Waals surface area contributed by atoms with E-state index in [-0.39, 0.29) is 5.60 Å². The van der Waals surface area contributed by atoms with E-state index >= 15 is 0 Å². The lowest BCUT2D eigenvalue weighted by molar-refractivity contribution is -0.0141. The van der Waals surface area contributed by atoms with Gasteiger partial charge in [0.25, 0.3) is 0 Å². The Morgan fingerprint density at radius 3 is 2.58 bits per heavy atom. The van der Waals surface area contributed by atoms with Gasteiger partial charge in [-0.25, -0.2) is 4.98 Å². The molecule has 1 aromatic heterocycles. The molecule has 0 aliphatic heterocycles. The zero-order chi connectivity index (χ0) is 13.9. The van der Waals surface area contributed by atoms with Crippen molar-refractivity contribution >= 4 is 11.3 Å². The van der Waals surface area contributed by atoms with Gasteiger partial charge in [0.05, 0.1) is 17.3 Å². The Morgan fingerprint density at radius 2 is 2.00 bits per heavy atom. The van der Waals surface area contributed by atoms with E-state index < -0.39 is 0 Å². The summed E-state index contributed by atoms with van der Waals surface area (Å²) in [5, 5.41) is 11.8. The van der Waals surface area contributed by atoms with Crippen LogP contribution >= 0.6 is 11.3 Å². The average Bonchev–Trinajstić information content (AvgIpc) is 2.89. The van der Waals surface area contributed by atoms with Gasteiger partial charge in [-0.05, 0) is 32.9 Å². The fourth-order valence-electron chi connectivity index (χ4n) is 1.82. The van der Waals surface area contributed by atoms with Crippen LogP contribution in [0.5, 0.6) is 0 Å². The number of nitriles is 1. The van der Waals surface area contributed by atoms with E-state index in [0.29, 0.717) is 12.2 Å². The molecule has 98 valence electrons. The number of aromatic nitrogens is 1. The van der Waals surface area contributed by atoms with Crippen molar-refractivity contribution in [2.45, 2.75) is 26.4 Å². The molecule has 1 aromatic carbocycles. The van der Waals surface area contributed by atoms with Crippen LogP contribution in [-0.4, -0.2) is 11.6 Å². The third-order valence-electron chi connectivity index (χ3n) is 2.83. The predicted molar refractivity (Wildman–Crippen MR) is 76.9 cm³/mol. The summed E-state index contributed by atoms with van der Waals surface area (Å²) in [7, 11) is 0. The van der Waals surface area contributed by atoms with Crippen LogP contribution in [0.2, 0.25) is 0 Å². The van der Waals surface area contributed by atoms with Gasteiger partial charge in [-0.2, -0.15) is 5.26 Å². The van der Waals surface area contributed by atoms with Crippen LogP contribution in [0, 0.1) is 11.3 Å². The van der Waals surface area contributed by atoms with Crippen LogP contribution in [0.25, 0.3) is 11.3 Å². The molecule has 0 radical (unpaired) electrons. The first kappa shape index (κ1) is 13.7. The topological polar surface area (TPSA) is 45.9 Å². The average molecular weight is 272 g/mol. The first-order valence-corrected chi connectivity index (χ1v) is 7.05. The molecular formula is C15H16N2OS. The molecule has 0 saturated carbocycles. The molecule has 0 amide bonds. The minimum Gasteiger partial charge on any atom is -0.369 e. The molecule has 0 spiro atoms. The number of hydrogen-bond acceptors (Lipinski definition) is 4. The highest BCUT2D eigenvalue weighted by atomic mass is 32.1. The summed E-state index contributed by atoms with van der Waals surface area (Å²) in [4.78, 5) is 4.64. The zero-order valence-corrected chi connectivity index (χ0v) is 12.1. The minimum absolute atomic E-state index is 0.357. The van der Waals surface area contributed by atoms with E-state index in [4.69, 9.17) is 10.00 Å². The van der Waals surface area contributed by atoms with Gasteiger partial charge in [-0.15, -0.1) is 11.3 Å². The molecule has 0 atom stereocenters. The SMILES string of the molecule is CCOC(C)(C)c1nc(-c2ccc(C#N)cc2)cs1. The Bertz CT molecular complexity index is 593. The monoisotopic (exact) mass is 272 g/mol. The van der Waals surface area contributed by atoms with Gasteiger partial charge < -0.3 is 4.74 Å². The van der Waals surface area contributed by atoms with Gasteiger partial charge in [0.2, 0.25) is 0 Å². The Morgan fingerprint density at radius 1 is 1.32 bits per heavy atom. The normalized spacial score (nSPS) is 11.3. The molecule has 1 heterocycles. The van der Waals surface area contributed by atoms with Crippen molar-refractivity contribution in [3.8, 4) is 17.3 Å². The largest absolute Gasteiger partial charge is 0.369 e. The maximum absolute atomic E-state index is 8.79. The standard InChI is InChI=1S/C15H16N2OS/c1-4-18-15(2,3)14-17-13(10-19-14)12-7-5-11(9-16)6-8-12/h5-8,10H,4H2,1-3H3. The molecule has 3 nitrogen and oxygen atoms in total. The number of rotatable bonds is 4. The Balaban J connectivity index is 2.28. The van der Waals surface area contributed by atoms with E-state index in [1.807, 2.05) is 50.4 Å². The molecule has 0 saturated heterocycles. The van der Waals surface area contributed by atoms with Gasteiger partial charge in [-0.1, -0.05) is 12.1 Å². The van der Waals surface area contributed by atoms with Gasteiger partial charge in [0.15, 0.2) is 0 Å². The lowest BCUT2D eigenvalue weighted by Crippen LogP contribution is -2.21. The molecule has 0 fully saturated rings. The van der Waals surface area contributed by atoms with Crippen molar-refractivity contribution in [1.29, 1.82) is 5.26 Å². The first-order valence-electron chi connectivity index (χ1n) is 6.17. The Hall–Kier alpha value is -1.70. The molecule has 0 N–H and O–H groups in total. The van der Waals surface area contributed by atoms with Crippen molar-refractivity contribution in [3.63, 3.8) is 0 Å². The highest BCUT2D eigenvalue weighted by molar-refractivity contribution is 7.10. The maximum Gasteiger partial charge on any atom is 0.125 e. The zero-order valence-electron chi connectivity index (χ0n) is 11.3. The summed E-state index contributed by atoms with van der Waals surface area (Å²) >= 11 is 1.60. The lowest BCUT2D eigenvalue weighted by Gasteiger charge is -2.21. The fraction of sp³-hybridized carbons (Fsp3) is 0.333. The molecule has 0 aliphatic carbocycles. The van der Waals surface area contributed by atoms with Crippen LogP contribution in [0.3, 0.4) is 0 Å². The second-order valence-corrected chi connectivity index (χ2v) is 5.53. The first-order chi connectivity index (χ1) is 9.06. The van der Waals surface area contributed by atoms with Crippen LogP contribution in [-0.2, 0) is 10.3 Å². The smallest absolute Gasteiger partial charge is 0.125 e. The molecule has 19 heavy (non-hydrogen) atoms. The van der Waals surface area contributed by atoms with Crippen molar-refractivity contribution in [3.05, 3.63) is 40.2 Å². The molecule has 0 unspecified atom stereocenters. The van der Waals surface area contributed by atoms with Gasteiger partial charge >= 0.3 is 0 Å². The summed E-state index contributed by atoms with van der Waals surface area (Å²) < 4.78 is 5.71. The highest BCUT2D eigenvalue weighted by Crippen LogP contribution is 2.31. The van der Waals surface area contributed by atoms with Crippen LogP contribution < -0.4 is 0 Å². The van der Waals surface area contributed by atoms with Crippen LogP contribution in [0.15, 0.2) is 29.6 Å². The second kappa shape index (κ2) is 5.52. The van der Waals surface area contributed by atoms with E-state index in [1.165, 1.54) is 0 Å². The Labute approximate surface area is 117 Å². The molecule has 2 rings (SSSR count). The number of hydrogen-bond donors (Lipinski definition) is 0. The summed E-state index contributed by atoms with van der Waals surface area (Å²) in [5.74, 6) is 0. The van der Waals surface area contributed by atoms with Gasteiger partial charge in [-0.3, -0.25) is 0 Å². The van der Waals surface area contributed by atoms with Gasteiger partial charge in [0.1, 0.15) is 10.6 Å². The number of thiazole rings is 1. The molecule has 2 aromatic rings. The molecule has 0 bridgehead atoms. The van der Waals surface area contributed by atoms with Crippen molar-refractivity contribution in [1.82, 2.24) is 4.98 Å². The van der Waals surface area contributed by atoms with E-state index in [1.54, 1.807) is 11.3 Å². The van der Waals surface area contributed by atoms with Crippen molar-refractivity contribution < 1.29 is 4.74 Å². The summed E-state index contributed by atoms with van der Waals surface area (Å²) in [5.41, 5.74) is 2.25. The van der Waals surface area contributed by atoms with Crippen molar-refractivity contribution in [2.75, 3.05) is 6.61 Å². The van der Waals surface area contributed by atoms with Crippen LogP contribution in [0.1, 0.15) is 31.3 Å². The van der Waals surface area contributed by atoms with Crippen molar-refractivity contribution in [2.24, 2.45) is 0 Å². The van der Waals surface area contributed by atoms with E-state index in [9.17, 15) is 0 Å². The fourth-order valence-corrected chi connectivity index (χ4v) is 2.73. The molecular weight excluding hydrogens is 256 g/mol. The number of ether oxygens (including phenoxy) is 1. The Kier molecular flexibility index (Phi) is 3.98. The lowest BCUT2D eigenvalue weighted by atomic mass is 10.1. The third kappa shape index (κ3) is 3.01.